The predicted molar refractivity (Wildman–Crippen MR) is 123 cm³/mol. The number of hydrogen-bond acceptors (Lipinski definition) is 5. The van der Waals surface area contributed by atoms with Crippen LogP contribution in [0.15, 0.2) is 59.4 Å². The molecule has 0 aliphatic rings. The van der Waals surface area contributed by atoms with Gasteiger partial charge in [0, 0.05) is 19.6 Å². The molecule has 1 atom stereocenters. The number of benzene rings is 2. The van der Waals surface area contributed by atoms with Gasteiger partial charge in [0.25, 0.3) is 5.56 Å². The molecule has 2 N–H and O–H groups in total. The minimum atomic E-state index is -0.827. The Balaban J connectivity index is 1.97. The third-order valence-electron chi connectivity index (χ3n) is 4.87. The van der Waals surface area contributed by atoms with Gasteiger partial charge in [-0.1, -0.05) is 42.5 Å². The van der Waals surface area contributed by atoms with Crippen molar-refractivity contribution in [2.45, 2.75) is 32.6 Å². The Labute approximate surface area is 186 Å². The van der Waals surface area contributed by atoms with E-state index in [1.165, 1.54) is 4.57 Å². The number of aromatic amines is 1. The molecule has 0 aliphatic carbocycles. The molecule has 3 rings (SSSR count). The summed E-state index contributed by atoms with van der Waals surface area (Å²) < 4.78 is 12.6. The molecule has 0 unspecified atom stereocenters. The van der Waals surface area contributed by atoms with Crippen LogP contribution in [0.3, 0.4) is 0 Å². The molecule has 0 radical (unpaired) electrons. The number of ether oxygens (including phenoxy) is 2. The van der Waals surface area contributed by atoms with E-state index in [0.29, 0.717) is 30.5 Å². The quantitative estimate of drug-likeness (QED) is 0.372. The summed E-state index contributed by atoms with van der Waals surface area (Å²) in [4.78, 5) is 29.6. The molecule has 3 aromatic rings. The third-order valence-corrected chi connectivity index (χ3v) is 5.17. The molecule has 2 aromatic carbocycles. The number of nitrogens with zero attached hydrogens (tertiary/aromatic N) is 1. The molecule has 1 amide bonds. The van der Waals surface area contributed by atoms with E-state index in [1.54, 1.807) is 18.2 Å². The molecule has 8 heteroatoms. The zero-order valence-electron chi connectivity index (χ0n) is 17.7. The highest BCUT2D eigenvalue weighted by atomic mass is 32.1. The lowest BCUT2D eigenvalue weighted by Crippen LogP contribution is -2.42. The van der Waals surface area contributed by atoms with Crippen LogP contribution < -0.4 is 10.9 Å². The normalized spacial score (nSPS) is 12.2. The Hall–Kier alpha value is -2.81. The Kier molecular flexibility index (Phi) is 8.11. The average Bonchev–Trinajstić information content (AvgIpc) is 2.77. The van der Waals surface area contributed by atoms with Crippen molar-refractivity contribution in [3.63, 3.8) is 0 Å². The van der Waals surface area contributed by atoms with Crippen molar-refractivity contribution in [1.29, 1.82) is 0 Å². The van der Waals surface area contributed by atoms with Gasteiger partial charge in [-0.25, -0.2) is 0 Å². The van der Waals surface area contributed by atoms with E-state index in [9.17, 15) is 9.59 Å². The van der Waals surface area contributed by atoms with Crippen molar-refractivity contribution in [1.82, 2.24) is 14.9 Å². The third kappa shape index (κ3) is 5.66. The Morgan fingerprint density at radius 3 is 2.39 bits per heavy atom. The molecule has 1 heterocycles. The number of carbonyl (C=O) groups excluding carboxylic acids is 1. The van der Waals surface area contributed by atoms with Crippen LogP contribution in [0, 0.1) is 4.77 Å². The molecule has 0 aliphatic heterocycles. The number of amides is 1. The van der Waals surface area contributed by atoms with E-state index >= 15 is 0 Å². The maximum Gasteiger partial charge on any atom is 0.262 e. The standard InChI is InChI=1S/C23H27N3O4S/c1-3-29-20(30-4-2)15-24-21(27)19(14-16-10-6-5-7-11-16)26-22(28)17-12-8-9-13-18(17)25-23(26)31/h5-13,19-20H,3-4,14-15H2,1-2H3,(H,24,27)(H,25,31)/t19-/m0/s1. The molecule has 0 spiro atoms. The molecule has 0 saturated carbocycles. The monoisotopic (exact) mass is 441 g/mol. The molecule has 164 valence electrons. The number of para-hydroxylation sites is 1. The van der Waals surface area contributed by atoms with Crippen LogP contribution in [-0.4, -0.2) is 41.5 Å². The first-order valence-electron chi connectivity index (χ1n) is 10.3. The van der Waals surface area contributed by atoms with Crippen molar-refractivity contribution in [3.05, 3.63) is 75.3 Å². The molecule has 0 saturated heterocycles. The number of nitrogens with one attached hydrogen (secondary N) is 2. The number of aromatic nitrogens is 2. The second-order valence-corrected chi connectivity index (χ2v) is 7.33. The van der Waals surface area contributed by atoms with Gasteiger partial charge in [0.2, 0.25) is 5.91 Å². The predicted octanol–water partition coefficient (Wildman–Crippen LogP) is 3.36. The van der Waals surface area contributed by atoms with Gasteiger partial charge in [-0.15, -0.1) is 0 Å². The molecule has 1 aromatic heterocycles. The topological polar surface area (TPSA) is 85.4 Å². The summed E-state index contributed by atoms with van der Waals surface area (Å²) in [5.41, 5.74) is 1.25. The molecule has 0 fully saturated rings. The van der Waals surface area contributed by atoms with Gasteiger partial charge < -0.3 is 19.8 Å². The van der Waals surface area contributed by atoms with E-state index in [2.05, 4.69) is 10.3 Å². The maximum atomic E-state index is 13.3. The van der Waals surface area contributed by atoms with Crippen LogP contribution in [0.25, 0.3) is 10.9 Å². The fraction of sp³-hybridized carbons (Fsp3) is 0.348. The molecule has 7 nitrogen and oxygen atoms in total. The van der Waals surface area contributed by atoms with Crippen LogP contribution >= 0.6 is 12.2 Å². The number of H-pyrrole nitrogens is 1. The fourth-order valence-electron chi connectivity index (χ4n) is 3.44. The van der Waals surface area contributed by atoms with Crippen LogP contribution in [-0.2, 0) is 20.7 Å². The molecular weight excluding hydrogens is 414 g/mol. The second-order valence-electron chi connectivity index (χ2n) is 6.94. The Morgan fingerprint density at radius 2 is 1.71 bits per heavy atom. The average molecular weight is 442 g/mol. The summed E-state index contributed by atoms with van der Waals surface area (Å²) in [6.45, 7) is 4.82. The Bertz CT molecular complexity index is 1120. The van der Waals surface area contributed by atoms with Crippen molar-refractivity contribution >= 4 is 29.0 Å². The van der Waals surface area contributed by atoms with E-state index < -0.39 is 12.3 Å². The first-order chi connectivity index (χ1) is 15.0. The first kappa shape index (κ1) is 22.9. The lowest BCUT2D eigenvalue weighted by molar-refractivity contribution is -0.142. The highest BCUT2D eigenvalue weighted by Crippen LogP contribution is 2.16. The summed E-state index contributed by atoms with van der Waals surface area (Å²) >= 11 is 5.48. The van der Waals surface area contributed by atoms with E-state index in [1.807, 2.05) is 50.2 Å². The maximum absolute atomic E-state index is 13.3. The van der Waals surface area contributed by atoms with Crippen LogP contribution in [0.4, 0.5) is 0 Å². The van der Waals surface area contributed by atoms with Gasteiger partial charge in [0.1, 0.15) is 6.04 Å². The van der Waals surface area contributed by atoms with E-state index in [4.69, 9.17) is 21.7 Å². The van der Waals surface area contributed by atoms with Crippen molar-refractivity contribution in [2.75, 3.05) is 19.8 Å². The Morgan fingerprint density at radius 1 is 1.06 bits per heavy atom. The highest BCUT2D eigenvalue weighted by Gasteiger charge is 2.25. The van der Waals surface area contributed by atoms with Gasteiger partial charge in [-0.3, -0.25) is 14.2 Å². The largest absolute Gasteiger partial charge is 0.351 e. The summed E-state index contributed by atoms with van der Waals surface area (Å²) in [6.07, 6.45) is -0.240. The van der Waals surface area contributed by atoms with Gasteiger partial charge in [-0.05, 0) is 43.8 Å². The van der Waals surface area contributed by atoms with Gasteiger partial charge in [-0.2, -0.15) is 0 Å². The van der Waals surface area contributed by atoms with Crippen molar-refractivity contribution in [3.8, 4) is 0 Å². The minimum Gasteiger partial charge on any atom is -0.351 e. The lowest BCUT2D eigenvalue weighted by Gasteiger charge is -2.22. The van der Waals surface area contributed by atoms with E-state index in [0.717, 1.165) is 5.56 Å². The zero-order chi connectivity index (χ0) is 22.2. The highest BCUT2D eigenvalue weighted by molar-refractivity contribution is 7.71. The summed E-state index contributed by atoms with van der Waals surface area (Å²) in [5.74, 6) is -0.329. The minimum absolute atomic E-state index is 0.171. The molecule has 0 bridgehead atoms. The van der Waals surface area contributed by atoms with Crippen LogP contribution in [0.1, 0.15) is 25.5 Å². The number of rotatable bonds is 10. The van der Waals surface area contributed by atoms with Crippen molar-refractivity contribution < 1.29 is 14.3 Å². The fourth-order valence-corrected chi connectivity index (χ4v) is 3.76. The first-order valence-corrected chi connectivity index (χ1v) is 10.7. The summed E-state index contributed by atoms with van der Waals surface area (Å²) in [6, 6.07) is 15.8. The van der Waals surface area contributed by atoms with Crippen molar-refractivity contribution in [2.24, 2.45) is 0 Å². The molecular formula is C23H27N3O4S. The van der Waals surface area contributed by atoms with Crippen LogP contribution in [0.5, 0.6) is 0 Å². The number of hydrogen-bond donors (Lipinski definition) is 2. The lowest BCUT2D eigenvalue weighted by atomic mass is 10.0. The smallest absolute Gasteiger partial charge is 0.262 e. The van der Waals surface area contributed by atoms with Gasteiger partial charge in [0.15, 0.2) is 11.1 Å². The summed E-state index contributed by atoms with van der Waals surface area (Å²) in [5, 5.41) is 3.34. The second kappa shape index (κ2) is 11.0. The summed E-state index contributed by atoms with van der Waals surface area (Å²) in [7, 11) is 0. The zero-order valence-corrected chi connectivity index (χ0v) is 18.5. The number of carbonyl (C=O) groups is 1. The SMILES string of the molecule is CCOC(CNC(=O)[C@H](Cc1ccccc1)n1c(=S)[nH]c2ccccc2c1=O)OCC. The molecule has 31 heavy (non-hydrogen) atoms. The van der Waals surface area contributed by atoms with Gasteiger partial charge in [0.05, 0.1) is 17.4 Å². The van der Waals surface area contributed by atoms with E-state index in [-0.39, 0.29) is 22.8 Å². The van der Waals surface area contributed by atoms with Gasteiger partial charge >= 0.3 is 0 Å². The van der Waals surface area contributed by atoms with Crippen LogP contribution in [0.2, 0.25) is 0 Å². The number of fused-ring (bicyclic) bond motifs is 1.